The molecule has 1 aromatic rings. The average Bonchev–Trinajstić information content (AvgIpc) is 3.10. The van der Waals surface area contributed by atoms with Gasteiger partial charge in [0.25, 0.3) is 0 Å². The van der Waals surface area contributed by atoms with E-state index in [1.807, 2.05) is 6.07 Å². The summed E-state index contributed by atoms with van der Waals surface area (Å²) in [6.07, 6.45) is 1.13. The van der Waals surface area contributed by atoms with Crippen molar-refractivity contribution in [3.05, 3.63) is 30.3 Å². The molecule has 3 aliphatic heterocycles. The van der Waals surface area contributed by atoms with E-state index >= 15 is 0 Å². The highest BCUT2D eigenvalue weighted by atomic mass is 16.6. The Morgan fingerprint density at radius 3 is 2.46 bits per heavy atom. The molecule has 24 heavy (non-hydrogen) atoms. The Balaban J connectivity index is 1.47. The first-order chi connectivity index (χ1) is 11.6. The van der Waals surface area contributed by atoms with Crippen LogP contribution in [-0.2, 0) is 9.59 Å². The number of nitrogens with zero attached hydrogens (tertiary/aromatic N) is 3. The lowest BCUT2D eigenvalue weighted by Gasteiger charge is -2.47. The first-order valence-corrected chi connectivity index (χ1v) is 8.28. The summed E-state index contributed by atoms with van der Waals surface area (Å²) in [7, 11) is 0. The Bertz CT molecular complexity index is 678. The van der Waals surface area contributed by atoms with Gasteiger partial charge in [-0.1, -0.05) is 18.2 Å². The number of amides is 3. The largest absolute Gasteiger partial charge is 0.415 e. The Morgan fingerprint density at radius 2 is 1.67 bits per heavy atom. The molecule has 0 N–H and O–H groups in total. The molecule has 3 fully saturated rings. The van der Waals surface area contributed by atoms with Gasteiger partial charge >= 0.3 is 6.09 Å². The van der Waals surface area contributed by atoms with E-state index in [1.54, 1.807) is 34.1 Å². The third-order valence-corrected chi connectivity index (χ3v) is 4.98. The molecule has 0 radical (unpaired) electrons. The Hall–Kier alpha value is -2.57. The van der Waals surface area contributed by atoms with Gasteiger partial charge in [-0.25, -0.2) is 4.79 Å². The van der Waals surface area contributed by atoms with E-state index in [1.165, 1.54) is 4.90 Å². The maximum atomic E-state index is 12.7. The molecule has 0 spiro atoms. The van der Waals surface area contributed by atoms with Crippen LogP contribution in [0.3, 0.4) is 0 Å². The van der Waals surface area contributed by atoms with E-state index < -0.39 is 12.1 Å². The van der Waals surface area contributed by atoms with Crippen molar-refractivity contribution >= 4 is 17.9 Å². The lowest BCUT2D eigenvalue weighted by atomic mass is 10.0. The summed E-state index contributed by atoms with van der Waals surface area (Å²) in [4.78, 5) is 42.4. The second-order valence-electron chi connectivity index (χ2n) is 6.36. The molecule has 2 atom stereocenters. The van der Waals surface area contributed by atoms with Crippen LogP contribution in [0, 0.1) is 0 Å². The molecule has 7 nitrogen and oxygen atoms in total. The van der Waals surface area contributed by atoms with Crippen molar-refractivity contribution in [2.24, 2.45) is 0 Å². The number of ether oxygens (including phenoxy) is 1. The van der Waals surface area contributed by atoms with Crippen LogP contribution in [0.5, 0.6) is 5.75 Å². The quantitative estimate of drug-likeness (QED) is 0.761. The predicted octanol–water partition coefficient (Wildman–Crippen LogP) is 0.703. The maximum Gasteiger partial charge on any atom is 0.415 e. The third kappa shape index (κ3) is 2.40. The monoisotopic (exact) mass is 329 g/mol. The molecule has 0 unspecified atom stereocenters. The number of hydrogen-bond donors (Lipinski definition) is 0. The van der Waals surface area contributed by atoms with Crippen LogP contribution in [0.25, 0.3) is 0 Å². The summed E-state index contributed by atoms with van der Waals surface area (Å²) in [6.45, 7) is 1.59. The molecule has 4 rings (SSSR count). The zero-order chi connectivity index (χ0) is 16.7. The van der Waals surface area contributed by atoms with Crippen molar-refractivity contribution in [1.82, 2.24) is 14.7 Å². The van der Waals surface area contributed by atoms with Crippen LogP contribution in [0.2, 0.25) is 0 Å². The molecule has 7 heteroatoms. The summed E-state index contributed by atoms with van der Waals surface area (Å²) in [6, 6.07) is 7.96. The number of carbonyl (C=O) groups excluding carboxylic acids is 3. The van der Waals surface area contributed by atoms with Crippen LogP contribution in [0.15, 0.2) is 30.3 Å². The molecular formula is C17H19N3O4. The maximum absolute atomic E-state index is 12.7. The minimum atomic E-state index is -0.580. The summed E-state index contributed by atoms with van der Waals surface area (Å²) in [5, 5.41) is 0. The predicted molar refractivity (Wildman–Crippen MR) is 84.3 cm³/mol. The number of para-hydroxylation sites is 1. The molecule has 126 valence electrons. The fraction of sp³-hybridized carbons (Fsp3) is 0.471. The van der Waals surface area contributed by atoms with Gasteiger partial charge in [0.15, 0.2) is 0 Å². The molecule has 0 aliphatic carbocycles. The molecule has 1 aromatic carbocycles. The smallest absolute Gasteiger partial charge is 0.410 e. The van der Waals surface area contributed by atoms with Gasteiger partial charge < -0.3 is 19.4 Å². The molecule has 3 heterocycles. The molecule has 0 aromatic heterocycles. The standard InChI is InChI=1S/C17H19N3O4/c21-15-13-7-4-8-19(13)16(22)14-11-18(9-10-20(14)15)17(23)24-12-5-2-1-3-6-12/h1-3,5-6,13-14H,4,7-11H2/t13-,14-/m1/s1. The highest BCUT2D eigenvalue weighted by Gasteiger charge is 2.50. The van der Waals surface area contributed by atoms with E-state index in [0.29, 0.717) is 25.4 Å². The van der Waals surface area contributed by atoms with Crippen molar-refractivity contribution in [2.45, 2.75) is 24.9 Å². The second-order valence-corrected chi connectivity index (χ2v) is 6.36. The second kappa shape index (κ2) is 5.81. The van der Waals surface area contributed by atoms with Gasteiger partial charge in [0.05, 0.1) is 6.54 Å². The normalized spacial score (nSPS) is 26.2. The van der Waals surface area contributed by atoms with E-state index in [2.05, 4.69) is 0 Å². The van der Waals surface area contributed by atoms with Gasteiger partial charge in [0, 0.05) is 19.6 Å². The SMILES string of the molecule is O=C(Oc1ccccc1)N1CCN2C(=O)[C@H]3CCCN3C(=O)[C@H]2C1. The minimum absolute atomic E-state index is 0.0215. The van der Waals surface area contributed by atoms with Gasteiger partial charge in [-0.3, -0.25) is 9.59 Å². The summed E-state index contributed by atoms with van der Waals surface area (Å²) < 4.78 is 5.34. The number of rotatable bonds is 1. The number of benzene rings is 1. The van der Waals surface area contributed by atoms with Crippen LogP contribution < -0.4 is 4.74 Å². The fourth-order valence-corrected chi connectivity index (χ4v) is 3.75. The molecule has 3 amide bonds. The summed E-state index contributed by atoms with van der Waals surface area (Å²) in [5.41, 5.74) is 0. The molecule has 0 saturated carbocycles. The van der Waals surface area contributed by atoms with Gasteiger partial charge in [-0.15, -0.1) is 0 Å². The van der Waals surface area contributed by atoms with Gasteiger partial charge in [0.2, 0.25) is 11.8 Å². The van der Waals surface area contributed by atoms with E-state index in [4.69, 9.17) is 4.74 Å². The van der Waals surface area contributed by atoms with Crippen LogP contribution >= 0.6 is 0 Å². The van der Waals surface area contributed by atoms with Crippen molar-refractivity contribution in [3.63, 3.8) is 0 Å². The van der Waals surface area contributed by atoms with Gasteiger partial charge in [-0.2, -0.15) is 0 Å². The Kier molecular flexibility index (Phi) is 3.63. The Morgan fingerprint density at radius 1 is 0.958 bits per heavy atom. The van der Waals surface area contributed by atoms with E-state index in [-0.39, 0.29) is 24.4 Å². The molecule has 3 aliphatic rings. The zero-order valence-corrected chi connectivity index (χ0v) is 13.3. The van der Waals surface area contributed by atoms with E-state index in [9.17, 15) is 14.4 Å². The third-order valence-electron chi connectivity index (χ3n) is 4.98. The lowest BCUT2D eigenvalue weighted by Crippen LogP contribution is -2.69. The van der Waals surface area contributed by atoms with Gasteiger partial charge in [0.1, 0.15) is 17.8 Å². The minimum Gasteiger partial charge on any atom is -0.410 e. The summed E-state index contributed by atoms with van der Waals surface area (Å²) >= 11 is 0. The number of carbonyl (C=O) groups is 3. The van der Waals surface area contributed by atoms with Crippen LogP contribution in [0.1, 0.15) is 12.8 Å². The van der Waals surface area contributed by atoms with Gasteiger partial charge in [-0.05, 0) is 25.0 Å². The van der Waals surface area contributed by atoms with Crippen molar-refractivity contribution < 1.29 is 19.1 Å². The van der Waals surface area contributed by atoms with Crippen LogP contribution in [-0.4, -0.2) is 70.9 Å². The molecular weight excluding hydrogens is 310 g/mol. The number of piperazine rings is 2. The number of fused-ring (bicyclic) bond motifs is 2. The Labute approximate surface area is 139 Å². The fourth-order valence-electron chi connectivity index (χ4n) is 3.75. The first-order valence-electron chi connectivity index (χ1n) is 8.28. The average molecular weight is 329 g/mol. The first kappa shape index (κ1) is 15.0. The van der Waals surface area contributed by atoms with Crippen molar-refractivity contribution in [2.75, 3.05) is 26.2 Å². The highest BCUT2D eigenvalue weighted by molar-refractivity contribution is 5.98. The lowest BCUT2D eigenvalue weighted by molar-refractivity contribution is -0.162. The molecule has 0 bridgehead atoms. The highest BCUT2D eigenvalue weighted by Crippen LogP contribution is 2.29. The van der Waals surface area contributed by atoms with E-state index in [0.717, 1.165) is 12.8 Å². The zero-order valence-electron chi connectivity index (χ0n) is 13.3. The van der Waals surface area contributed by atoms with Crippen molar-refractivity contribution in [1.29, 1.82) is 0 Å². The summed E-state index contributed by atoms with van der Waals surface area (Å²) in [5.74, 6) is 0.443. The van der Waals surface area contributed by atoms with Crippen LogP contribution in [0.4, 0.5) is 4.79 Å². The topological polar surface area (TPSA) is 70.2 Å². The molecule has 3 saturated heterocycles. The number of hydrogen-bond acceptors (Lipinski definition) is 4. The van der Waals surface area contributed by atoms with Crippen molar-refractivity contribution in [3.8, 4) is 5.75 Å².